The SMILES string of the molecule is CC(C)(C)OC(=O)N1CCC(C(=O)NC[C@@H]2COc3ccc(OCc4ccccc4)cc3O2)CC1. The quantitative estimate of drug-likeness (QED) is 0.665. The summed E-state index contributed by atoms with van der Waals surface area (Å²) in [6, 6.07) is 15.5. The van der Waals surface area contributed by atoms with Gasteiger partial charge in [-0.3, -0.25) is 4.79 Å². The number of amides is 2. The van der Waals surface area contributed by atoms with Crippen molar-refractivity contribution in [2.24, 2.45) is 5.92 Å². The molecule has 0 unspecified atom stereocenters. The predicted molar refractivity (Wildman–Crippen MR) is 131 cm³/mol. The lowest BCUT2D eigenvalue weighted by Crippen LogP contribution is -2.47. The number of carbonyl (C=O) groups is 2. The molecule has 0 saturated carbocycles. The number of hydrogen-bond acceptors (Lipinski definition) is 6. The summed E-state index contributed by atoms with van der Waals surface area (Å²) in [6.07, 6.45) is 0.600. The molecule has 35 heavy (non-hydrogen) atoms. The molecule has 8 nitrogen and oxygen atoms in total. The van der Waals surface area contributed by atoms with Crippen molar-refractivity contribution in [1.82, 2.24) is 10.2 Å². The second-order valence-corrected chi connectivity index (χ2v) is 9.92. The molecule has 1 fully saturated rings. The van der Waals surface area contributed by atoms with Crippen LogP contribution in [-0.2, 0) is 16.1 Å². The van der Waals surface area contributed by atoms with Crippen LogP contribution in [-0.4, -0.2) is 54.8 Å². The molecular weight excluding hydrogens is 448 g/mol. The molecule has 2 aliphatic rings. The van der Waals surface area contributed by atoms with E-state index in [4.69, 9.17) is 18.9 Å². The average Bonchev–Trinajstić information content (AvgIpc) is 2.85. The number of nitrogens with zero attached hydrogens (tertiary/aromatic N) is 1. The molecule has 0 radical (unpaired) electrons. The first-order valence-corrected chi connectivity index (χ1v) is 12.1. The summed E-state index contributed by atoms with van der Waals surface area (Å²) < 4.78 is 23.2. The van der Waals surface area contributed by atoms with Gasteiger partial charge in [-0.25, -0.2) is 4.79 Å². The summed E-state index contributed by atoms with van der Waals surface area (Å²) in [6.45, 7) is 7.72. The first kappa shape index (κ1) is 24.7. The number of benzene rings is 2. The number of hydrogen-bond donors (Lipinski definition) is 1. The van der Waals surface area contributed by atoms with Gasteiger partial charge in [0.15, 0.2) is 11.5 Å². The molecule has 2 aromatic rings. The van der Waals surface area contributed by atoms with Gasteiger partial charge in [-0.1, -0.05) is 30.3 Å². The Morgan fingerprint density at radius 1 is 1.06 bits per heavy atom. The topological polar surface area (TPSA) is 86.3 Å². The zero-order chi connectivity index (χ0) is 24.8. The fourth-order valence-corrected chi connectivity index (χ4v) is 4.04. The Balaban J connectivity index is 1.22. The second kappa shape index (κ2) is 10.9. The highest BCUT2D eigenvalue weighted by molar-refractivity contribution is 5.79. The Hall–Kier alpha value is -3.42. The molecule has 4 rings (SSSR count). The normalized spacial score (nSPS) is 18.0. The number of fused-ring (bicyclic) bond motifs is 1. The van der Waals surface area contributed by atoms with E-state index in [1.807, 2.05) is 69.3 Å². The van der Waals surface area contributed by atoms with Crippen molar-refractivity contribution < 1.29 is 28.5 Å². The molecule has 1 N–H and O–H groups in total. The van der Waals surface area contributed by atoms with E-state index in [0.717, 1.165) is 5.56 Å². The minimum atomic E-state index is -0.527. The average molecular weight is 483 g/mol. The van der Waals surface area contributed by atoms with Crippen LogP contribution in [0.2, 0.25) is 0 Å². The van der Waals surface area contributed by atoms with Gasteiger partial charge in [0.1, 0.15) is 30.7 Å². The van der Waals surface area contributed by atoms with Crippen LogP contribution >= 0.6 is 0 Å². The van der Waals surface area contributed by atoms with Crippen LogP contribution < -0.4 is 19.5 Å². The predicted octanol–water partition coefficient (Wildman–Crippen LogP) is 4.17. The van der Waals surface area contributed by atoms with E-state index in [1.165, 1.54) is 0 Å². The van der Waals surface area contributed by atoms with Gasteiger partial charge in [0.05, 0.1) is 6.54 Å². The zero-order valence-electron chi connectivity index (χ0n) is 20.6. The van der Waals surface area contributed by atoms with Crippen LogP contribution in [0.25, 0.3) is 0 Å². The standard InChI is InChI=1S/C27H34N2O6/c1-27(2,3)35-26(31)29-13-11-20(12-14-29)25(30)28-16-22-18-33-23-10-9-21(15-24(23)34-22)32-17-19-7-5-4-6-8-19/h4-10,15,20,22H,11-14,16-18H2,1-3H3,(H,28,30)/t22-/m1/s1. The molecule has 8 heteroatoms. The van der Waals surface area contributed by atoms with Crippen molar-refractivity contribution in [2.45, 2.75) is 51.9 Å². The highest BCUT2D eigenvalue weighted by Gasteiger charge is 2.30. The maximum Gasteiger partial charge on any atom is 0.410 e. The summed E-state index contributed by atoms with van der Waals surface area (Å²) in [5.41, 5.74) is 0.556. The molecule has 188 valence electrons. The van der Waals surface area contributed by atoms with E-state index < -0.39 is 5.60 Å². The monoisotopic (exact) mass is 482 g/mol. The number of likely N-dealkylation sites (tertiary alicyclic amines) is 1. The van der Waals surface area contributed by atoms with E-state index in [-0.39, 0.29) is 24.0 Å². The summed E-state index contributed by atoms with van der Waals surface area (Å²) in [5.74, 6) is 1.80. The molecule has 0 spiro atoms. The Morgan fingerprint density at radius 2 is 1.80 bits per heavy atom. The van der Waals surface area contributed by atoms with E-state index >= 15 is 0 Å². The second-order valence-electron chi connectivity index (χ2n) is 9.92. The molecule has 2 heterocycles. The Kier molecular flexibility index (Phi) is 7.68. The van der Waals surface area contributed by atoms with Gasteiger partial charge in [-0.2, -0.15) is 0 Å². The van der Waals surface area contributed by atoms with Crippen LogP contribution in [0.3, 0.4) is 0 Å². The summed E-state index contributed by atoms with van der Waals surface area (Å²) in [7, 11) is 0. The molecule has 1 atom stereocenters. The highest BCUT2D eigenvalue weighted by Crippen LogP contribution is 2.35. The minimum Gasteiger partial charge on any atom is -0.489 e. The van der Waals surface area contributed by atoms with Gasteiger partial charge in [-0.15, -0.1) is 0 Å². The van der Waals surface area contributed by atoms with Crippen LogP contribution in [0.5, 0.6) is 17.2 Å². The molecule has 0 aliphatic carbocycles. The first-order valence-electron chi connectivity index (χ1n) is 12.1. The minimum absolute atomic E-state index is 0.0248. The number of ether oxygens (including phenoxy) is 4. The summed E-state index contributed by atoms with van der Waals surface area (Å²) in [4.78, 5) is 26.6. The lowest BCUT2D eigenvalue weighted by Gasteiger charge is -2.33. The van der Waals surface area contributed by atoms with Crippen LogP contribution in [0.4, 0.5) is 4.79 Å². The van der Waals surface area contributed by atoms with Crippen molar-refractivity contribution in [2.75, 3.05) is 26.2 Å². The fourth-order valence-electron chi connectivity index (χ4n) is 4.04. The molecule has 2 amide bonds. The molecule has 2 aromatic carbocycles. The Labute approximate surface area is 206 Å². The van der Waals surface area contributed by atoms with Gasteiger partial charge in [0, 0.05) is 25.1 Å². The molecular formula is C27H34N2O6. The van der Waals surface area contributed by atoms with Crippen LogP contribution in [0.1, 0.15) is 39.2 Å². The van der Waals surface area contributed by atoms with E-state index in [2.05, 4.69) is 5.32 Å². The number of nitrogens with one attached hydrogen (secondary N) is 1. The van der Waals surface area contributed by atoms with Crippen molar-refractivity contribution >= 4 is 12.0 Å². The van der Waals surface area contributed by atoms with Crippen LogP contribution in [0, 0.1) is 5.92 Å². The fraction of sp³-hybridized carbons (Fsp3) is 0.481. The molecule has 2 aliphatic heterocycles. The lowest BCUT2D eigenvalue weighted by molar-refractivity contribution is -0.127. The number of rotatable bonds is 6. The molecule has 1 saturated heterocycles. The van der Waals surface area contributed by atoms with Gasteiger partial charge in [-0.05, 0) is 51.3 Å². The van der Waals surface area contributed by atoms with Gasteiger partial charge in [0.2, 0.25) is 5.91 Å². The smallest absolute Gasteiger partial charge is 0.410 e. The van der Waals surface area contributed by atoms with Gasteiger partial charge >= 0.3 is 6.09 Å². The van der Waals surface area contributed by atoms with Crippen molar-refractivity contribution in [3.63, 3.8) is 0 Å². The summed E-state index contributed by atoms with van der Waals surface area (Å²) in [5, 5.41) is 2.99. The van der Waals surface area contributed by atoms with E-state index in [9.17, 15) is 9.59 Å². The summed E-state index contributed by atoms with van der Waals surface area (Å²) >= 11 is 0. The third-order valence-corrected chi connectivity index (χ3v) is 5.90. The highest BCUT2D eigenvalue weighted by atomic mass is 16.6. The van der Waals surface area contributed by atoms with Gasteiger partial charge in [0.25, 0.3) is 0 Å². The van der Waals surface area contributed by atoms with E-state index in [0.29, 0.717) is 62.9 Å². The van der Waals surface area contributed by atoms with E-state index in [1.54, 1.807) is 4.90 Å². The first-order chi connectivity index (χ1) is 16.8. The van der Waals surface area contributed by atoms with Crippen molar-refractivity contribution in [3.05, 3.63) is 54.1 Å². The number of carbonyl (C=O) groups excluding carboxylic acids is 2. The number of piperidine rings is 1. The van der Waals surface area contributed by atoms with Gasteiger partial charge < -0.3 is 29.2 Å². The lowest BCUT2D eigenvalue weighted by atomic mass is 9.96. The third-order valence-electron chi connectivity index (χ3n) is 5.90. The largest absolute Gasteiger partial charge is 0.489 e. The Bertz CT molecular complexity index is 1010. The molecule has 0 bridgehead atoms. The maximum atomic E-state index is 12.7. The Morgan fingerprint density at radius 3 is 2.51 bits per heavy atom. The molecule has 0 aromatic heterocycles. The zero-order valence-corrected chi connectivity index (χ0v) is 20.6. The third kappa shape index (κ3) is 7.04. The van der Waals surface area contributed by atoms with Crippen molar-refractivity contribution in [1.29, 1.82) is 0 Å². The van der Waals surface area contributed by atoms with Crippen LogP contribution in [0.15, 0.2) is 48.5 Å². The van der Waals surface area contributed by atoms with Crippen molar-refractivity contribution in [3.8, 4) is 17.2 Å². The maximum absolute atomic E-state index is 12.7.